The third-order valence-electron chi connectivity index (χ3n) is 3.24. The molecule has 0 radical (unpaired) electrons. The van der Waals surface area contributed by atoms with E-state index in [2.05, 4.69) is 15.6 Å². The van der Waals surface area contributed by atoms with E-state index in [0.29, 0.717) is 18.7 Å². The zero-order chi connectivity index (χ0) is 16.1. The molecule has 0 saturated carbocycles. The summed E-state index contributed by atoms with van der Waals surface area (Å²) in [4.78, 5) is 22.4. The highest BCUT2D eigenvalue weighted by molar-refractivity contribution is 5.93. The molecule has 22 heavy (non-hydrogen) atoms. The molecular formula is C15H18N4O3. The van der Waals surface area contributed by atoms with Crippen LogP contribution in [0.3, 0.4) is 0 Å². The minimum Gasteiger partial charge on any atom is -0.481 e. The molecule has 0 aliphatic carbocycles. The minimum absolute atomic E-state index is 0.0231. The number of nitrogens with zero attached hydrogens (tertiary/aromatic N) is 3. The molecule has 2 aromatic rings. The van der Waals surface area contributed by atoms with Crippen LogP contribution in [-0.4, -0.2) is 38.5 Å². The predicted molar refractivity (Wildman–Crippen MR) is 80.0 cm³/mol. The molecular weight excluding hydrogens is 284 g/mol. The molecule has 2 rings (SSSR count). The quantitative estimate of drug-likeness (QED) is 0.788. The van der Waals surface area contributed by atoms with Crippen molar-refractivity contribution >= 4 is 11.9 Å². The Morgan fingerprint density at radius 1 is 1.23 bits per heavy atom. The number of hydrogen-bond acceptors (Lipinski definition) is 4. The van der Waals surface area contributed by atoms with Gasteiger partial charge in [0.05, 0.1) is 11.4 Å². The molecule has 0 saturated heterocycles. The van der Waals surface area contributed by atoms with Gasteiger partial charge in [0.1, 0.15) is 0 Å². The normalized spacial score (nSPS) is 10.5. The Labute approximate surface area is 128 Å². The highest BCUT2D eigenvalue weighted by Crippen LogP contribution is 2.13. The molecule has 1 aromatic heterocycles. The van der Waals surface area contributed by atoms with E-state index in [1.807, 2.05) is 31.2 Å². The number of carboxylic acid groups (broad SMARTS) is 1. The summed E-state index contributed by atoms with van der Waals surface area (Å²) in [5.41, 5.74) is 2.86. The SMILES string of the molecule is Cc1ccc(-n2nnc(C(=O)NCCCC(=O)O)c2C)cc1. The standard InChI is InChI=1S/C15H18N4O3/c1-10-5-7-12(8-6-10)19-11(2)14(17-18-19)15(22)16-9-3-4-13(20)21/h5-8H,3-4,9H2,1-2H3,(H,16,22)(H,20,21). The number of carbonyl (C=O) groups is 2. The van der Waals surface area contributed by atoms with Crippen molar-refractivity contribution in [3.05, 3.63) is 41.2 Å². The summed E-state index contributed by atoms with van der Waals surface area (Å²) in [6, 6.07) is 7.74. The molecule has 0 spiro atoms. The topological polar surface area (TPSA) is 97.1 Å². The van der Waals surface area contributed by atoms with E-state index in [4.69, 9.17) is 5.11 Å². The van der Waals surface area contributed by atoms with Crippen molar-refractivity contribution in [3.63, 3.8) is 0 Å². The van der Waals surface area contributed by atoms with E-state index in [1.165, 1.54) is 0 Å². The maximum atomic E-state index is 12.0. The Bertz CT molecular complexity index is 677. The Kier molecular flexibility index (Phi) is 4.88. The van der Waals surface area contributed by atoms with Crippen LogP contribution in [0.1, 0.15) is 34.6 Å². The summed E-state index contributed by atoms with van der Waals surface area (Å²) in [6.45, 7) is 4.06. The van der Waals surface area contributed by atoms with Crippen LogP contribution in [0.25, 0.3) is 5.69 Å². The minimum atomic E-state index is -0.879. The molecule has 7 nitrogen and oxygen atoms in total. The summed E-state index contributed by atoms with van der Waals surface area (Å²) >= 11 is 0. The number of nitrogens with one attached hydrogen (secondary N) is 1. The third-order valence-corrected chi connectivity index (χ3v) is 3.24. The molecule has 0 fully saturated rings. The van der Waals surface area contributed by atoms with Gasteiger partial charge in [-0.25, -0.2) is 4.68 Å². The molecule has 0 atom stereocenters. The number of rotatable bonds is 6. The van der Waals surface area contributed by atoms with E-state index in [0.717, 1.165) is 11.3 Å². The second-order valence-electron chi connectivity index (χ2n) is 5.02. The molecule has 0 bridgehead atoms. The number of carboxylic acids is 1. The number of benzene rings is 1. The van der Waals surface area contributed by atoms with Crippen molar-refractivity contribution in [2.45, 2.75) is 26.7 Å². The van der Waals surface area contributed by atoms with Crippen LogP contribution in [0.15, 0.2) is 24.3 Å². The molecule has 0 aliphatic heterocycles. The monoisotopic (exact) mass is 302 g/mol. The number of hydrogen-bond donors (Lipinski definition) is 2. The van der Waals surface area contributed by atoms with Crippen molar-refractivity contribution in [3.8, 4) is 5.69 Å². The van der Waals surface area contributed by atoms with E-state index in [9.17, 15) is 9.59 Å². The Morgan fingerprint density at radius 3 is 2.55 bits per heavy atom. The van der Waals surface area contributed by atoms with Crippen LogP contribution in [0.5, 0.6) is 0 Å². The van der Waals surface area contributed by atoms with Gasteiger partial charge in [0.15, 0.2) is 5.69 Å². The number of amides is 1. The zero-order valence-corrected chi connectivity index (χ0v) is 12.5. The first kappa shape index (κ1) is 15.7. The number of aliphatic carboxylic acids is 1. The Hall–Kier alpha value is -2.70. The van der Waals surface area contributed by atoms with E-state index in [1.54, 1.807) is 11.6 Å². The van der Waals surface area contributed by atoms with Crippen molar-refractivity contribution in [1.29, 1.82) is 0 Å². The van der Waals surface area contributed by atoms with E-state index >= 15 is 0 Å². The van der Waals surface area contributed by atoms with Crippen LogP contribution < -0.4 is 5.32 Å². The molecule has 2 N–H and O–H groups in total. The summed E-state index contributed by atoms with van der Waals surface area (Å²) in [6.07, 6.45) is 0.404. The van der Waals surface area contributed by atoms with Crippen LogP contribution >= 0.6 is 0 Å². The first-order valence-corrected chi connectivity index (χ1v) is 6.98. The molecule has 1 aromatic carbocycles. The van der Waals surface area contributed by atoms with Gasteiger partial charge in [-0.1, -0.05) is 22.9 Å². The van der Waals surface area contributed by atoms with Gasteiger partial charge in [0.2, 0.25) is 0 Å². The Balaban J connectivity index is 2.05. The lowest BCUT2D eigenvalue weighted by atomic mass is 10.2. The van der Waals surface area contributed by atoms with Gasteiger partial charge in [-0.05, 0) is 32.4 Å². The lowest BCUT2D eigenvalue weighted by molar-refractivity contribution is -0.137. The van der Waals surface area contributed by atoms with Gasteiger partial charge in [0.25, 0.3) is 5.91 Å². The smallest absolute Gasteiger partial charge is 0.303 e. The van der Waals surface area contributed by atoms with Crippen molar-refractivity contribution in [1.82, 2.24) is 20.3 Å². The van der Waals surface area contributed by atoms with E-state index in [-0.39, 0.29) is 18.0 Å². The lowest BCUT2D eigenvalue weighted by Crippen LogP contribution is -2.26. The fraction of sp³-hybridized carbons (Fsp3) is 0.333. The third kappa shape index (κ3) is 3.69. The Morgan fingerprint density at radius 2 is 1.91 bits per heavy atom. The lowest BCUT2D eigenvalue weighted by Gasteiger charge is -2.05. The van der Waals surface area contributed by atoms with Gasteiger partial charge < -0.3 is 10.4 Å². The highest BCUT2D eigenvalue weighted by atomic mass is 16.4. The van der Waals surface area contributed by atoms with Gasteiger partial charge in [-0.15, -0.1) is 5.10 Å². The van der Waals surface area contributed by atoms with Crippen molar-refractivity contribution in [2.24, 2.45) is 0 Å². The molecule has 1 amide bonds. The zero-order valence-electron chi connectivity index (χ0n) is 12.5. The first-order chi connectivity index (χ1) is 10.5. The average Bonchev–Trinajstić information content (AvgIpc) is 2.86. The van der Waals surface area contributed by atoms with Crippen molar-refractivity contribution in [2.75, 3.05) is 6.54 Å². The van der Waals surface area contributed by atoms with Crippen LogP contribution in [0.4, 0.5) is 0 Å². The van der Waals surface area contributed by atoms with Crippen LogP contribution in [0, 0.1) is 13.8 Å². The maximum absolute atomic E-state index is 12.0. The highest BCUT2D eigenvalue weighted by Gasteiger charge is 2.16. The summed E-state index contributed by atoms with van der Waals surface area (Å²) in [5, 5.41) is 19.1. The molecule has 7 heteroatoms. The number of aryl methyl sites for hydroxylation is 1. The molecule has 0 aliphatic rings. The average molecular weight is 302 g/mol. The summed E-state index contributed by atoms with van der Waals surface area (Å²) < 4.78 is 1.60. The first-order valence-electron chi connectivity index (χ1n) is 6.98. The molecule has 116 valence electrons. The largest absolute Gasteiger partial charge is 0.481 e. The molecule has 1 heterocycles. The second-order valence-corrected chi connectivity index (χ2v) is 5.02. The van der Waals surface area contributed by atoms with Gasteiger partial charge in [-0.2, -0.15) is 0 Å². The van der Waals surface area contributed by atoms with E-state index < -0.39 is 5.97 Å². The molecule has 0 unspecified atom stereocenters. The van der Waals surface area contributed by atoms with Crippen LogP contribution in [-0.2, 0) is 4.79 Å². The maximum Gasteiger partial charge on any atom is 0.303 e. The summed E-state index contributed by atoms with van der Waals surface area (Å²) in [7, 11) is 0. The fourth-order valence-electron chi connectivity index (χ4n) is 2.00. The number of carbonyl (C=O) groups excluding carboxylic acids is 1. The van der Waals surface area contributed by atoms with Crippen molar-refractivity contribution < 1.29 is 14.7 Å². The number of aromatic nitrogens is 3. The second kappa shape index (κ2) is 6.84. The fourth-order valence-corrected chi connectivity index (χ4v) is 2.00. The summed E-state index contributed by atoms with van der Waals surface area (Å²) in [5.74, 6) is -1.23. The van der Waals surface area contributed by atoms with Gasteiger partial charge >= 0.3 is 5.97 Å². The van der Waals surface area contributed by atoms with Gasteiger partial charge in [-0.3, -0.25) is 9.59 Å². The van der Waals surface area contributed by atoms with Gasteiger partial charge in [0, 0.05) is 13.0 Å². The predicted octanol–water partition coefficient (Wildman–Crippen LogP) is 1.48. The van der Waals surface area contributed by atoms with Crippen LogP contribution in [0.2, 0.25) is 0 Å².